The number of rotatable bonds is 4. The quantitative estimate of drug-likeness (QED) is 0.567. The molecule has 9 nitrogen and oxygen atoms in total. The summed E-state index contributed by atoms with van der Waals surface area (Å²) in [4.78, 5) is 41.1. The van der Waals surface area contributed by atoms with Crippen molar-refractivity contribution in [1.29, 1.82) is 0 Å². The summed E-state index contributed by atoms with van der Waals surface area (Å²) in [6.45, 7) is 8.36. The molecule has 2 aromatic rings. The standard InChI is InChI=1S/C27H33BrFN5O4/c1-16-13-20(35)22-21(16)24(31-15-30-22)32-9-11-33(12-10-32)25(36)23(17-5-6-18(28)19(29)14-17)38-26(37)34-8-4-7-27(34,2)3/h5-6,14-16,20,23,35H,4,7-13H2,1-3H3/t16-,20-,23+/m1/s1. The normalized spacial score (nSPS) is 23.4. The Bertz CT molecular complexity index is 1240. The van der Waals surface area contributed by atoms with Gasteiger partial charge in [0.25, 0.3) is 5.91 Å². The summed E-state index contributed by atoms with van der Waals surface area (Å²) >= 11 is 3.15. The molecule has 3 heterocycles. The molecule has 0 radical (unpaired) electrons. The molecule has 0 spiro atoms. The molecule has 0 bridgehead atoms. The van der Waals surface area contributed by atoms with Gasteiger partial charge in [-0.3, -0.25) is 4.79 Å². The van der Waals surface area contributed by atoms with E-state index in [1.54, 1.807) is 15.9 Å². The number of benzene rings is 1. The maximum Gasteiger partial charge on any atom is 0.411 e. The van der Waals surface area contributed by atoms with Crippen molar-refractivity contribution in [2.24, 2.45) is 0 Å². The molecule has 11 heteroatoms. The lowest BCUT2D eigenvalue weighted by Crippen LogP contribution is -2.51. The summed E-state index contributed by atoms with van der Waals surface area (Å²) in [5.41, 5.74) is 1.56. The SMILES string of the molecule is C[C@@H]1C[C@@H](O)c2ncnc(N3CCN(C(=O)[C@@H](OC(=O)N4CCCC4(C)C)c4ccc(Br)c(F)c4)CC3)c21. The minimum absolute atomic E-state index is 0.141. The summed E-state index contributed by atoms with van der Waals surface area (Å²) in [6, 6.07) is 4.36. The Labute approximate surface area is 230 Å². The Hall–Kier alpha value is -2.79. The van der Waals surface area contributed by atoms with Gasteiger partial charge >= 0.3 is 6.09 Å². The first-order valence-corrected chi connectivity index (χ1v) is 13.9. The summed E-state index contributed by atoms with van der Waals surface area (Å²) < 4.78 is 20.5. The zero-order valence-corrected chi connectivity index (χ0v) is 23.4. The Balaban J connectivity index is 1.34. The molecule has 1 aromatic carbocycles. The van der Waals surface area contributed by atoms with Crippen molar-refractivity contribution in [1.82, 2.24) is 19.8 Å². The van der Waals surface area contributed by atoms with Crippen LogP contribution in [0.15, 0.2) is 29.0 Å². The predicted molar refractivity (Wildman–Crippen MR) is 142 cm³/mol. The fraction of sp³-hybridized carbons (Fsp3) is 0.556. The van der Waals surface area contributed by atoms with Gasteiger partial charge in [-0.15, -0.1) is 0 Å². The van der Waals surface area contributed by atoms with E-state index in [2.05, 4.69) is 37.7 Å². The molecule has 1 aromatic heterocycles. The number of anilines is 1. The molecule has 1 aliphatic carbocycles. The van der Waals surface area contributed by atoms with Crippen LogP contribution in [0, 0.1) is 5.82 Å². The Morgan fingerprint density at radius 2 is 1.92 bits per heavy atom. The van der Waals surface area contributed by atoms with Crippen molar-refractivity contribution in [2.75, 3.05) is 37.6 Å². The van der Waals surface area contributed by atoms with Gasteiger partial charge in [-0.1, -0.05) is 13.0 Å². The second kappa shape index (κ2) is 10.4. The number of hydrogen-bond donors (Lipinski definition) is 1. The number of amides is 2. The highest BCUT2D eigenvalue weighted by molar-refractivity contribution is 9.10. The van der Waals surface area contributed by atoms with Gasteiger partial charge in [0.2, 0.25) is 6.10 Å². The van der Waals surface area contributed by atoms with Gasteiger partial charge in [0.05, 0.1) is 16.3 Å². The van der Waals surface area contributed by atoms with Gasteiger partial charge in [-0.25, -0.2) is 19.2 Å². The molecule has 3 atom stereocenters. The highest BCUT2D eigenvalue weighted by Crippen LogP contribution is 2.43. The summed E-state index contributed by atoms with van der Waals surface area (Å²) in [5.74, 6) is 0.0205. The molecule has 38 heavy (non-hydrogen) atoms. The van der Waals surface area contributed by atoms with Gasteiger partial charge in [-0.2, -0.15) is 0 Å². The Kier molecular flexibility index (Phi) is 7.34. The number of nitrogens with zero attached hydrogens (tertiary/aromatic N) is 5. The maximum atomic E-state index is 14.5. The zero-order valence-electron chi connectivity index (χ0n) is 21.9. The maximum absolute atomic E-state index is 14.5. The van der Waals surface area contributed by atoms with E-state index in [1.807, 2.05) is 13.8 Å². The van der Waals surface area contributed by atoms with E-state index in [9.17, 15) is 19.1 Å². The smallest absolute Gasteiger partial charge is 0.411 e. The van der Waals surface area contributed by atoms with Crippen molar-refractivity contribution in [3.05, 3.63) is 51.6 Å². The number of likely N-dealkylation sites (tertiary alicyclic amines) is 1. The third-order valence-corrected chi connectivity index (χ3v) is 8.62. The van der Waals surface area contributed by atoms with Crippen LogP contribution in [0.2, 0.25) is 0 Å². The topological polar surface area (TPSA) is 99.1 Å². The highest BCUT2D eigenvalue weighted by Gasteiger charge is 2.40. The fourth-order valence-electron chi connectivity index (χ4n) is 5.81. The summed E-state index contributed by atoms with van der Waals surface area (Å²) in [6.07, 6.45) is 1.38. The molecule has 3 aliphatic rings. The molecule has 0 saturated carbocycles. The van der Waals surface area contributed by atoms with E-state index in [0.717, 1.165) is 24.2 Å². The summed E-state index contributed by atoms with van der Waals surface area (Å²) in [5, 5.41) is 10.3. The molecular formula is C27H33BrFN5O4. The average Bonchev–Trinajstić information content (AvgIpc) is 3.41. The number of aliphatic hydroxyl groups is 1. The number of hydrogen-bond acceptors (Lipinski definition) is 7. The molecule has 5 rings (SSSR count). The van der Waals surface area contributed by atoms with Crippen LogP contribution >= 0.6 is 15.9 Å². The van der Waals surface area contributed by atoms with Gasteiger partial charge in [-0.05, 0) is 67.1 Å². The lowest BCUT2D eigenvalue weighted by molar-refractivity contribution is -0.141. The predicted octanol–water partition coefficient (Wildman–Crippen LogP) is 4.32. The lowest BCUT2D eigenvalue weighted by atomic mass is 10.0. The molecule has 1 N–H and O–H groups in total. The van der Waals surface area contributed by atoms with E-state index >= 15 is 0 Å². The van der Waals surface area contributed by atoms with Crippen molar-refractivity contribution < 1.29 is 23.8 Å². The first-order valence-electron chi connectivity index (χ1n) is 13.1. The molecule has 0 unspecified atom stereocenters. The number of ether oxygens (including phenoxy) is 1. The monoisotopic (exact) mass is 589 g/mol. The number of piperazine rings is 1. The number of carbonyl (C=O) groups is 2. The van der Waals surface area contributed by atoms with Crippen LogP contribution in [0.5, 0.6) is 0 Å². The minimum atomic E-state index is -1.26. The first-order chi connectivity index (χ1) is 18.1. The van der Waals surface area contributed by atoms with Crippen LogP contribution < -0.4 is 4.90 Å². The van der Waals surface area contributed by atoms with Crippen LogP contribution in [-0.2, 0) is 9.53 Å². The third-order valence-electron chi connectivity index (χ3n) is 7.98. The highest BCUT2D eigenvalue weighted by atomic mass is 79.9. The fourth-order valence-corrected chi connectivity index (χ4v) is 6.05. The summed E-state index contributed by atoms with van der Waals surface area (Å²) in [7, 11) is 0. The zero-order chi connectivity index (χ0) is 27.2. The molecular weight excluding hydrogens is 557 g/mol. The number of halogens is 2. The molecule has 2 fully saturated rings. The Morgan fingerprint density at radius 3 is 2.58 bits per heavy atom. The molecule has 2 amide bonds. The molecule has 2 saturated heterocycles. The van der Waals surface area contributed by atoms with Gasteiger partial charge < -0.3 is 24.5 Å². The van der Waals surface area contributed by atoms with E-state index in [1.165, 1.54) is 18.5 Å². The van der Waals surface area contributed by atoms with Crippen LogP contribution in [0.4, 0.5) is 15.0 Å². The van der Waals surface area contributed by atoms with Crippen molar-refractivity contribution >= 4 is 33.7 Å². The molecule has 2 aliphatic heterocycles. The van der Waals surface area contributed by atoms with E-state index in [0.29, 0.717) is 50.4 Å². The van der Waals surface area contributed by atoms with Gasteiger partial charge in [0.1, 0.15) is 18.0 Å². The number of fused-ring (bicyclic) bond motifs is 1. The number of aliphatic hydroxyl groups excluding tert-OH is 1. The minimum Gasteiger partial charge on any atom is -0.431 e. The first kappa shape index (κ1) is 26.8. The lowest BCUT2D eigenvalue weighted by Gasteiger charge is -2.38. The van der Waals surface area contributed by atoms with Crippen molar-refractivity contribution in [3.63, 3.8) is 0 Å². The second-order valence-electron chi connectivity index (χ2n) is 11.0. The van der Waals surface area contributed by atoms with E-state index in [4.69, 9.17) is 4.74 Å². The van der Waals surface area contributed by atoms with Crippen molar-refractivity contribution in [3.8, 4) is 0 Å². The van der Waals surface area contributed by atoms with Crippen LogP contribution in [0.3, 0.4) is 0 Å². The van der Waals surface area contributed by atoms with Gasteiger partial charge in [0, 0.05) is 49.4 Å². The Morgan fingerprint density at radius 1 is 1.18 bits per heavy atom. The van der Waals surface area contributed by atoms with E-state index < -0.39 is 24.1 Å². The van der Waals surface area contributed by atoms with Crippen LogP contribution in [0.1, 0.15) is 75.0 Å². The van der Waals surface area contributed by atoms with Gasteiger partial charge in [0.15, 0.2) is 0 Å². The van der Waals surface area contributed by atoms with Crippen LogP contribution in [0.25, 0.3) is 0 Å². The van der Waals surface area contributed by atoms with Crippen LogP contribution in [-0.4, -0.2) is 75.1 Å². The number of carbonyl (C=O) groups excluding carboxylic acids is 2. The average molecular weight is 590 g/mol. The largest absolute Gasteiger partial charge is 0.431 e. The van der Waals surface area contributed by atoms with E-state index in [-0.39, 0.29) is 21.8 Å². The second-order valence-corrected chi connectivity index (χ2v) is 11.8. The molecule has 204 valence electrons. The number of aromatic nitrogens is 2. The third kappa shape index (κ3) is 4.98. The van der Waals surface area contributed by atoms with Crippen molar-refractivity contribution in [2.45, 2.75) is 63.7 Å².